The van der Waals surface area contributed by atoms with E-state index in [0.717, 1.165) is 63.9 Å². The van der Waals surface area contributed by atoms with Crippen LogP contribution in [0.15, 0.2) is 53.9 Å². The van der Waals surface area contributed by atoms with Gasteiger partial charge in [0.1, 0.15) is 6.17 Å². The van der Waals surface area contributed by atoms with Gasteiger partial charge in [0.25, 0.3) is 0 Å². The molecule has 1 N–H and O–H groups in total. The highest BCUT2D eigenvalue weighted by atomic mass is 35.5. The van der Waals surface area contributed by atoms with Crippen LogP contribution in [0.2, 0.25) is 5.02 Å². The number of morpholine rings is 1. The largest absolute Gasteiger partial charge is 0.381 e. The average molecular weight is 414 g/mol. The molecule has 4 aliphatic rings. The van der Waals surface area contributed by atoms with E-state index in [2.05, 4.69) is 45.6 Å². The first-order valence-corrected chi connectivity index (χ1v) is 11.0. The van der Waals surface area contributed by atoms with E-state index in [-0.39, 0.29) is 6.17 Å². The van der Waals surface area contributed by atoms with Gasteiger partial charge in [-0.2, -0.15) is 0 Å². The zero-order valence-electron chi connectivity index (χ0n) is 16.6. The van der Waals surface area contributed by atoms with Crippen LogP contribution in [0.5, 0.6) is 0 Å². The lowest BCUT2D eigenvalue weighted by atomic mass is 9.90. The fourth-order valence-corrected chi connectivity index (χ4v) is 4.70. The van der Waals surface area contributed by atoms with Crippen molar-refractivity contribution in [1.82, 2.24) is 15.1 Å². The van der Waals surface area contributed by atoms with E-state index in [9.17, 15) is 0 Å². The Kier molecular flexibility index (Phi) is 5.64. The summed E-state index contributed by atoms with van der Waals surface area (Å²) in [5, 5.41) is 4.51. The molecule has 0 amide bonds. The van der Waals surface area contributed by atoms with Gasteiger partial charge in [0.15, 0.2) is 0 Å². The van der Waals surface area contributed by atoms with Crippen LogP contribution in [0, 0.1) is 5.92 Å². The molecule has 0 radical (unpaired) electrons. The summed E-state index contributed by atoms with van der Waals surface area (Å²) in [6, 6.07) is 8.15. The molecule has 1 unspecified atom stereocenters. The Labute approximate surface area is 177 Å². The second kappa shape index (κ2) is 8.52. The predicted molar refractivity (Wildman–Crippen MR) is 115 cm³/mol. The minimum Gasteiger partial charge on any atom is -0.381 e. The van der Waals surface area contributed by atoms with Crippen LogP contribution in [-0.2, 0) is 9.47 Å². The molecule has 0 aromatic heterocycles. The Hall–Kier alpha value is -1.79. The molecule has 4 aliphatic heterocycles. The summed E-state index contributed by atoms with van der Waals surface area (Å²) in [6.45, 7) is 6.21. The van der Waals surface area contributed by atoms with Crippen molar-refractivity contribution >= 4 is 17.3 Å². The number of halogens is 1. The lowest BCUT2D eigenvalue weighted by molar-refractivity contribution is 0.0400. The zero-order valence-corrected chi connectivity index (χ0v) is 17.4. The highest BCUT2D eigenvalue weighted by Crippen LogP contribution is 2.35. The maximum atomic E-state index is 6.14. The summed E-state index contributed by atoms with van der Waals surface area (Å²) in [5.74, 6) is 0.588. The monoisotopic (exact) mass is 413 g/mol. The number of nitrogens with zero attached hydrogens (tertiary/aromatic N) is 2. The van der Waals surface area contributed by atoms with Gasteiger partial charge < -0.3 is 19.7 Å². The summed E-state index contributed by atoms with van der Waals surface area (Å²) < 4.78 is 11.1. The van der Waals surface area contributed by atoms with Gasteiger partial charge in [-0.15, -0.1) is 0 Å². The first-order valence-electron chi connectivity index (χ1n) is 10.6. The molecule has 5 nitrogen and oxygen atoms in total. The molecule has 0 bridgehead atoms. The molecule has 1 aromatic rings. The van der Waals surface area contributed by atoms with Gasteiger partial charge in [-0.1, -0.05) is 29.8 Å². The SMILES string of the molecule is Clc1ccc(C2=C(CN3CCOCC3)N3C=C(C4CCOCC4)C=CC3N2)cc1. The fraction of sp³-hybridized carbons (Fsp3) is 0.478. The number of benzene rings is 1. The maximum absolute atomic E-state index is 6.14. The molecule has 2 saturated heterocycles. The molecule has 1 atom stereocenters. The van der Waals surface area contributed by atoms with Crippen molar-refractivity contribution < 1.29 is 9.47 Å². The van der Waals surface area contributed by atoms with Crippen LogP contribution in [0.4, 0.5) is 0 Å². The molecule has 4 heterocycles. The van der Waals surface area contributed by atoms with Crippen LogP contribution in [0.3, 0.4) is 0 Å². The van der Waals surface area contributed by atoms with Crippen molar-refractivity contribution in [3.63, 3.8) is 0 Å². The smallest absolute Gasteiger partial charge is 0.123 e. The third-order valence-electron chi connectivity index (χ3n) is 6.25. The summed E-state index contributed by atoms with van der Waals surface area (Å²) in [6.07, 6.45) is 9.35. The van der Waals surface area contributed by atoms with Crippen molar-refractivity contribution in [2.45, 2.75) is 19.0 Å². The summed E-state index contributed by atoms with van der Waals surface area (Å²) in [5.41, 5.74) is 5.13. The highest BCUT2D eigenvalue weighted by Gasteiger charge is 2.33. The minimum absolute atomic E-state index is 0.167. The second-order valence-electron chi connectivity index (χ2n) is 8.09. The van der Waals surface area contributed by atoms with E-state index in [4.69, 9.17) is 21.1 Å². The number of rotatable bonds is 4. The van der Waals surface area contributed by atoms with Gasteiger partial charge in [0.2, 0.25) is 0 Å². The van der Waals surface area contributed by atoms with Gasteiger partial charge in [0.05, 0.1) is 24.6 Å². The maximum Gasteiger partial charge on any atom is 0.123 e. The third-order valence-corrected chi connectivity index (χ3v) is 6.51. The highest BCUT2D eigenvalue weighted by molar-refractivity contribution is 6.30. The van der Waals surface area contributed by atoms with Crippen LogP contribution < -0.4 is 5.32 Å². The predicted octanol–water partition coefficient (Wildman–Crippen LogP) is 3.45. The number of hydrogen-bond acceptors (Lipinski definition) is 5. The van der Waals surface area contributed by atoms with Gasteiger partial charge in [0, 0.05) is 44.1 Å². The minimum atomic E-state index is 0.167. The summed E-state index contributed by atoms with van der Waals surface area (Å²) in [4.78, 5) is 4.92. The Morgan fingerprint density at radius 2 is 1.72 bits per heavy atom. The van der Waals surface area contributed by atoms with Crippen LogP contribution in [0.25, 0.3) is 5.70 Å². The molecule has 5 rings (SSSR count). The number of nitrogens with one attached hydrogen (secondary N) is 1. The van der Waals surface area contributed by atoms with E-state index < -0.39 is 0 Å². The number of hydrogen-bond donors (Lipinski definition) is 1. The number of allylic oxidation sites excluding steroid dienone is 2. The number of ether oxygens (including phenoxy) is 2. The van der Waals surface area contributed by atoms with E-state index in [0.29, 0.717) is 5.92 Å². The van der Waals surface area contributed by atoms with Crippen molar-refractivity contribution in [2.75, 3.05) is 46.1 Å². The molecular formula is C23H28ClN3O2. The van der Waals surface area contributed by atoms with Gasteiger partial charge in [-0.05, 0) is 48.1 Å². The first kappa shape index (κ1) is 19.2. The topological polar surface area (TPSA) is 37.0 Å². The van der Waals surface area contributed by atoms with Crippen LogP contribution in [-0.4, -0.2) is 62.0 Å². The van der Waals surface area contributed by atoms with Gasteiger partial charge in [-0.25, -0.2) is 0 Å². The lowest BCUT2D eigenvalue weighted by Crippen LogP contribution is -2.41. The molecule has 6 heteroatoms. The normalized spacial score (nSPS) is 25.8. The molecule has 154 valence electrons. The molecular weight excluding hydrogens is 386 g/mol. The van der Waals surface area contributed by atoms with E-state index in [1.807, 2.05) is 12.1 Å². The van der Waals surface area contributed by atoms with Gasteiger partial charge >= 0.3 is 0 Å². The van der Waals surface area contributed by atoms with Crippen LogP contribution in [0.1, 0.15) is 18.4 Å². The standard InChI is InChI=1S/C23H28ClN3O2/c24-20-4-1-18(2-5-20)23-21(16-26-9-13-29-14-10-26)27-15-19(3-6-22(27)25-23)17-7-11-28-12-8-17/h1-6,15,17,22,25H,7-14,16H2. The molecule has 0 aliphatic carbocycles. The van der Waals surface area contributed by atoms with Crippen molar-refractivity contribution in [3.05, 3.63) is 64.5 Å². The Morgan fingerprint density at radius 3 is 2.48 bits per heavy atom. The molecule has 2 fully saturated rings. The van der Waals surface area contributed by atoms with Gasteiger partial charge in [-0.3, -0.25) is 4.90 Å². The second-order valence-corrected chi connectivity index (χ2v) is 8.52. The third kappa shape index (κ3) is 4.10. The van der Waals surface area contributed by atoms with Crippen molar-refractivity contribution in [3.8, 4) is 0 Å². The fourth-order valence-electron chi connectivity index (χ4n) is 4.57. The Balaban J connectivity index is 1.47. The molecule has 1 aromatic carbocycles. The Morgan fingerprint density at radius 1 is 1.00 bits per heavy atom. The van der Waals surface area contributed by atoms with E-state index >= 15 is 0 Å². The molecule has 0 saturated carbocycles. The Bertz CT molecular complexity index is 821. The summed E-state index contributed by atoms with van der Waals surface area (Å²) in [7, 11) is 0. The van der Waals surface area contributed by atoms with E-state index in [1.165, 1.54) is 22.5 Å². The van der Waals surface area contributed by atoms with E-state index in [1.54, 1.807) is 0 Å². The average Bonchev–Trinajstić information content (AvgIpc) is 3.13. The lowest BCUT2D eigenvalue weighted by Gasteiger charge is -2.34. The molecule has 29 heavy (non-hydrogen) atoms. The van der Waals surface area contributed by atoms with Crippen molar-refractivity contribution in [2.24, 2.45) is 5.92 Å². The van der Waals surface area contributed by atoms with Crippen molar-refractivity contribution in [1.29, 1.82) is 0 Å². The quantitative estimate of drug-likeness (QED) is 0.818. The molecule has 0 spiro atoms. The van der Waals surface area contributed by atoms with Crippen LogP contribution >= 0.6 is 11.6 Å². The summed E-state index contributed by atoms with van der Waals surface area (Å²) >= 11 is 6.14. The number of fused-ring (bicyclic) bond motifs is 1. The first-order chi connectivity index (χ1) is 14.3. The zero-order chi connectivity index (χ0) is 19.6.